The van der Waals surface area contributed by atoms with Crippen molar-refractivity contribution in [2.45, 2.75) is 31.3 Å². The van der Waals surface area contributed by atoms with Crippen molar-refractivity contribution in [3.63, 3.8) is 0 Å². The van der Waals surface area contributed by atoms with E-state index in [1.165, 1.54) is 12.1 Å². The average molecular weight is 479 g/mol. The molecule has 0 bridgehead atoms. The highest BCUT2D eigenvalue weighted by molar-refractivity contribution is 7.90. The molecule has 0 radical (unpaired) electrons. The zero-order valence-electron chi connectivity index (χ0n) is 19.1. The molecule has 1 fully saturated rings. The lowest BCUT2D eigenvalue weighted by molar-refractivity contribution is 0.0628. The fraction of sp³-hybridized carbons (Fsp3) is 0.320. The van der Waals surface area contributed by atoms with E-state index in [0.29, 0.717) is 26.2 Å². The maximum absolute atomic E-state index is 13.2. The number of hydrogen-bond acceptors (Lipinski definition) is 6. The van der Waals surface area contributed by atoms with Gasteiger partial charge in [-0.05, 0) is 43.7 Å². The zero-order valence-corrected chi connectivity index (χ0v) is 20.0. The molecule has 2 amide bonds. The lowest BCUT2D eigenvalue weighted by atomic mass is 10.1. The molecule has 34 heavy (non-hydrogen) atoms. The fourth-order valence-electron chi connectivity index (χ4n) is 4.72. The van der Waals surface area contributed by atoms with Crippen LogP contribution in [0.5, 0.6) is 0 Å². The van der Waals surface area contributed by atoms with E-state index in [1.54, 1.807) is 31.0 Å². The Morgan fingerprint density at radius 1 is 1.03 bits per heavy atom. The van der Waals surface area contributed by atoms with E-state index in [4.69, 9.17) is 0 Å². The molecule has 2 aliphatic heterocycles. The first-order valence-electron chi connectivity index (χ1n) is 11.3. The molecule has 2 aliphatic rings. The first kappa shape index (κ1) is 22.5. The van der Waals surface area contributed by atoms with Gasteiger partial charge in [0.25, 0.3) is 21.8 Å². The lowest BCUT2D eigenvalue weighted by Crippen LogP contribution is -2.48. The third-order valence-corrected chi connectivity index (χ3v) is 8.43. The summed E-state index contributed by atoms with van der Waals surface area (Å²) in [6, 6.07) is 14.0. The van der Waals surface area contributed by atoms with Gasteiger partial charge in [-0.1, -0.05) is 24.3 Å². The van der Waals surface area contributed by atoms with Gasteiger partial charge in [0.2, 0.25) is 0 Å². The van der Waals surface area contributed by atoms with Gasteiger partial charge in [-0.15, -0.1) is 0 Å². The van der Waals surface area contributed by atoms with E-state index < -0.39 is 22.0 Å². The number of aromatic nitrogens is 1. The molecular formula is C25H26N4O4S. The molecule has 0 spiro atoms. The van der Waals surface area contributed by atoms with Gasteiger partial charge in [-0.2, -0.15) is 0 Å². The normalized spacial score (nSPS) is 18.0. The maximum atomic E-state index is 13.2. The highest BCUT2D eigenvalue weighted by Gasteiger charge is 2.43. The number of sulfonamides is 1. The number of benzene rings is 2. The minimum absolute atomic E-state index is 0.0841. The number of fused-ring (bicyclic) bond motifs is 2. The third-order valence-electron chi connectivity index (χ3n) is 6.43. The molecule has 0 atom stereocenters. The third kappa shape index (κ3) is 3.74. The Balaban J connectivity index is 1.29. The second-order valence-corrected chi connectivity index (χ2v) is 10.8. The summed E-state index contributed by atoms with van der Waals surface area (Å²) in [6.45, 7) is 6.55. The van der Waals surface area contributed by atoms with Gasteiger partial charge >= 0.3 is 0 Å². The van der Waals surface area contributed by atoms with Crippen LogP contribution in [-0.4, -0.2) is 71.5 Å². The molecule has 176 valence electrons. The van der Waals surface area contributed by atoms with E-state index in [9.17, 15) is 18.0 Å². The van der Waals surface area contributed by atoms with Crippen LogP contribution in [-0.2, 0) is 16.6 Å². The van der Waals surface area contributed by atoms with Gasteiger partial charge in [-0.3, -0.25) is 19.5 Å². The second-order valence-electron chi connectivity index (χ2n) is 8.97. The molecule has 1 saturated heterocycles. The quantitative estimate of drug-likeness (QED) is 0.573. The molecule has 3 heterocycles. The highest BCUT2D eigenvalue weighted by Crippen LogP contribution is 2.33. The van der Waals surface area contributed by atoms with E-state index in [-0.39, 0.29) is 21.9 Å². The Morgan fingerprint density at radius 2 is 1.76 bits per heavy atom. The zero-order chi connectivity index (χ0) is 24.0. The van der Waals surface area contributed by atoms with Gasteiger partial charge in [-0.25, -0.2) is 12.7 Å². The number of amides is 2. The number of carbonyl (C=O) groups is 2. The van der Waals surface area contributed by atoms with Crippen molar-refractivity contribution in [3.8, 4) is 0 Å². The summed E-state index contributed by atoms with van der Waals surface area (Å²) < 4.78 is 26.6. The molecule has 0 unspecified atom stereocenters. The van der Waals surface area contributed by atoms with Crippen molar-refractivity contribution in [1.29, 1.82) is 0 Å². The topological polar surface area (TPSA) is 90.9 Å². The number of hydrogen-bond donors (Lipinski definition) is 0. The van der Waals surface area contributed by atoms with Crippen molar-refractivity contribution >= 4 is 32.7 Å². The van der Waals surface area contributed by atoms with Gasteiger partial charge in [0.1, 0.15) is 4.90 Å². The lowest BCUT2D eigenvalue weighted by Gasteiger charge is -2.35. The molecule has 2 aromatic carbocycles. The van der Waals surface area contributed by atoms with Crippen molar-refractivity contribution < 1.29 is 18.0 Å². The predicted octanol–water partition coefficient (Wildman–Crippen LogP) is 2.75. The number of nitrogens with zero attached hydrogens (tertiary/aromatic N) is 4. The number of pyridine rings is 1. The fourth-order valence-corrected chi connectivity index (χ4v) is 6.51. The first-order chi connectivity index (χ1) is 16.3. The number of para-hydroxylation sites is 1. The second kappa shape index (κ2) is 8.48. The minimum atomic E-state index is -3.94. The van der Waals surface area contributed by atoms with Crippen molar-refractivity contribution in [3.05, 3.63) is 71.4 Å². The Bertz CT molecular complexity index is 1390. The van der Waals surface area contributed by atoms with Crippen molar-refractivity contribution in [2.24, 2.45) is 0 Å². The van der Waals surface area contributed by atoms with Crippen LogP contribution in [0.3, 0.4) is 0 Å². The molecule has 8 nitrogen and oxygen atoms in total. The SMILES string of the molecule is CC(C)N1C(=O)c2ccc(C(=O)N3CCN(Cc4cccc5cccnc45)CC3)cc2S1(=O)=O. The summed E-state index contributed by atoms with van der Waals surface area (Å²) in [6.07, 6.45) is 1.80. The van der Waals surface area contributed by atoms with Gasteiger partial charge in [0, 0.05) is 55.9 Å². The Kier molecular flexibility index (Phi) is 5.61. The minimum Gasteiger partial charge on any atom is -0.336 e. The Hall–Kier alpha value is -3.30. The van der Waals surface area contributed by atoms with E-state index >= 15 is 0 Å². The van der Waals surface area contributed by atoms with Crippen LogP contribution in [0, 0.1) is 0 Å². The van der Waals surface area contributed by atoms with Gasteiger partial charge in [0.05, 0.1) is 11.1 Å². The van der Waals surface area contributed by atoms with E-state index in [1.807, 2.05) is 24.3 Å². The molecule has 0 N–H and O–H groups in total. The smallest absolute Gasteiger partial charge is 0.269 e. The van der Waals surface area contributed by atoms with Crippen LogP contribution in [0.15, 0.2) is 59.6 Å². The largest absolute Gasteiger partial charge is 0.336 e. The summed E-state index contributed by atoms with van der Waals surface area (Å²) in [7, 11) is -3.94. The van der Waals surface area contributed by atoms with Crippen LogP contribution in [0.1, 0.15) is 40.1 Å². The summed E-state index contributed by atoms with van der Waals surface area (Å²) in [5.41, 5.74) is 2.56. The molecule has 3 aromatic rings. The Morgan fingerprint density at radius 3 is 2.50 bits per heavy atom. The van der Waals surface area contributed by atoms with E-state index in [0.717, 1.165) is 27.3 Å². The van der Waals surface area contributed by atoms with Crippen LogP contribution in [0.25, 0.3) is 10.9 Å². The summed E-state index contributed by atoms with van der Waals surface area (Å²) in [5, 5.41) is 1.11. The van der Waals surface area contributed by atoms with Gasteiger partial charge in [0.15, 0.2) is 0 Å². The molecular weight excluding hydrogens is 452 g/mol. The van der Waals surface area contributed by atoms with Gasteiger partial charge < -0.3 is 4.90 Å². The van der Waals surface area contributed by atoms with Crippen molar-refractivity contribution in [1.82, 2.24) is 19.1 Å². The highest BCUT2D eigenvalue weighted by atomic mass is 32.2. The summed E-state index contributed by atoms with van der Waals surface area (Å²) in [4.78, 5) is 34.2. The predicted molar refractivity (Wildman–Crippen MR) is 128 cm³/mol. The number of piperazine rings is 1. The standard InChI is InChI=1S/C25H26N4O4S/c1-17(2)29-25(31)21-9-8-19(15-22(21)34(29,32)33)24(30)28-13-11-27(12-14-28)16-20-6-3-5-18-7-4-10-26-23(18)20/h3-10,15,17H,11-14,16H2,1-2H3. The molecule has 0 aliphatic carbocycles. The van der Waals surface area contributed by atoms with E-state index in [2.05, 4.69) is 16.0 Å². The summed E-state index contributed by atoms with van der Waals surface area (Å²) >= 11 is 0. The molecule has 1 aromatic heterocycles. The van der Waals surface area contributed by atoms with Crippen LogP contribution >= 0.6 is 0 Å². The molecule has 9 heteroatoms. The Labute approximate surface area is 198 Å². The molecule has 5 rings (SSSR count). The maximum Gasteiger partial charge on any atom is 0.269 e. The summed E-state index contributed by atoms with van der Waals surface area (Å²) in [5.74, 6) is -0.763. The average Bonchev–Trinajstić information content (AvgIpc) is 3.04. The van der Waals surface area contributed by atoms with Crippen LogP contribution < -0.4 is 0 Å². The van der Waals surface area contributed by atoms with Crippen LogP contribution in [0.4, 0.5) is 0 Å². The number of carbonyl (C=O) groups excluding carboxylic acids is 2. The monoisotopic (exact) mass is 478 g/mol. The van der Waals surface area contributed by atoms with Crippen molar-refractivity contribution in [2.75, 3.05) is 26.2 Å². The molecule has 0 saturated carbocycles. The van der Waals surface area contributed by atoms with Crippen LogP contribution in [0.2, 0.25) is 0 Å². The number of rotatable bonds is 4. The first-order valence-corrected chi connectivity index (χ1v) is 12.8.